The fourth-order valence-corrected chi connectivity index (χ4v) is 3.12. The van der Waals surface area contributed by atoms with E-state index in [4.69, 9.17) is 4.74 Å². The zero-order valence-corrected chi connectivity index (χ0v) is 12.7. The first kappa shape index (κ1) is 14.6. The van der Waals surface area contributed by atoms with Crippen molar-refractivity contribution in [1.29, 1.82) is 0 Å². The van der Waals surface area contributed by atoms with E-state index in [1.807, 2.05) is 6.07 Å². The maximum Gasteiger partial charge on any atom is 0.322 e. The van der Waals surface area contributed by atoms with Crippen LogP contribution in [0.2, 0.25) is 0 Å². The number of urea groups is 1. The summed E-state index contributed by atoms with van der Waals surface area (Å²) in [6, 6.07) is 6.63. The normalized spacial score (nSPS) is 26.6. The minimum atomic E-state index is -1.17. The highest BCUT2D eigenvalue weighted by molar-refractivity contribution is 6.08. The molecule has 1 saturated heterocycles. The Morgan fingerprint density at radius 1 is 1.27 bits per heavy atom. The smallest absolute Gasteiger partial charge is 0.322 e. The van der Waals surface area contributed by atoms with Crippen molar-refractivity contribution in [2.24, 2.45) is 0 Å². The van der Waals surface area contributed by atoms with Crippen LogP contribution in [0, 0.1) is 0 Å². The summed E-state index contributed by atoms with van der Waals surface area (Å²) in [6.45, 7) is 5.39. The molecule has 0 aromatic heterocycles. The van der Waals surface area contributed by atoms with Gasteiger partial charge in [0, 0.05) is 6.42 Å². The molecular weight excluding hydrogens is 284 g/mol. The summed E-state index contributed by atoms with van der Waals surface area (Å²) in [6.07, 6.45) is 0.179. The molecule has 116 valence electrons. The number of amides is 3. The first-order chi connectivity index (χ1) is 10.2. The molecular formula is C16H18N2O4. The Morgan fingerprint density at radius 2 is 1.95 bits per heavy atom. The van der Waals surface area contributed by atoms with Crippen LogP contribution in [0.25, 0.3) is 0 Å². The zero-order chi connectivity index (χ0) is 16.1. The molecule has 1 aromatic carbocycles. The molecule has 6 nitrogen and oxygen atoms in total. The van der Waals surface area contributed by atoms with Crippen LogP contribution in [0.4, 0.5) is 4.79 Å². The van der Waals surface area contributed by atoms with Gasteiger partial charge in [0.1, 0.15) is 11.1 Å². The summed E-state index contributed by atoms with van der Waals surface area (Å²) in [5.41, 5.74) is -0.388. The van der Waals surface area contributed by atoms with Gasteiger partial charge in [-0.3, -0.25) is 14.9 Å². The third kappa shape index (κ3) is 2.15. The molecule has 1 aliphatic heterocycles. The van der Waals surface area contributed by atoms with E-state index in [0.29, 0.717) is 5.56 Å². The molecule has 1 heterocycles. The van der Waals surface area contributed by atoms with E-state index in [1.54, 1.807) is 39.0 Å². The van der Waals surface area contributed by atoms with Crippen LogP contribution in [-0.2, 0) is 19.9 Å². The summed E-state index contributed by atoms with van der Waals surface area (Å²) >= 11 is 0. The maximum atomic E-state index is 12.5. The molecule has 0 saturated carbocycles. The minimum absolute atomic E-state index is 0.179. The molecule has 22 heavy (non-hydrogen) atoms. The Hall–Kier alpha value is -2.37. The largest absolute Gasteiger partial charge is 0.459 e. The highest BCUT2D eigenvalue weighted by atomic mass is 16.6. The number of carbonyl (C=O) groups excluding carboxylic acids is 3. The number of ether oxygens (including phenoxy) is 1. The van der Waals surface area contributed by atoms with Gasteiger partial charge in [-0.05, 0) is 31.9 Å². The molecule has 6 heteroatoms. The molecule has 2 unspecified atom stereocenters. The van der Waals surface area contributed by atoms with Gasteiger partial charge in [-0.25, -0.2) is 4.79 Å². The average molecular weight is 302 g/mol. The monoisotopic (exact) mass is 302 g/mol. The second-order valence-electron chi connectivity index (χ2n) is 6.69. The Bertz CT molecular complexity index is 677. The molecule has 2 N–H and O–H groups in total. The molecule has 1 fully saturated rings. The summed E-state index contributed by atoms with van der Waals surface area (Å²) in [4.78, 5) is 36.3. The Balaban J connectivity index is 2.02. The first-order valence-corrected chi connectivity index (χ1v) is 7.19. The molecule has 2 aliphatic rings. The molecule has 3 rings (SSSR count). The first-order valence-electron chi connectivity index (χ1n) is 7.19. The lowest BCUT2D eigenvalue weighted by Crippen LogP contribution is -2.42. The summed E-state index contributed by atoms with van der Waals surface area (Å²) < 4.78 is 5.46. The Morgan fingerprint density at radius 3 is 2.55 bits per heavy atom. The van der Waals surface area contributed by atoms with Gasteiger partial charge >= 0.3 is 12.0 Å². The van der Waals surface area contributed by atoms with E-state index in [1.165, 1.54) is 0 Å². The van der Waals surface area contributed by atoms with Crippen LogP contribution in [0.15, 0.2) is 24.3 Å². The standard InChI is InChI=1S/C16H18N2O4/c1-15(2,3)22-12(19)10-8-16(13(20)17-14(21)18-16)11-7-5-4-6-9(10)11/h4-7,10H,8H2,1-3H3,(H2,17,18,20,21). The number of esters is 1. The second kappa shape index (κ2) is 4.56. The van der Waals surface area contributed by atoms with Crippen LogP contribution in [0.3, 0.4) is 0 Å². The number of rotatable bonds is 1. The van der Waals surface area contributed by atoms with Crippen LogP contribution in [0.5, 0.6) is 0 Å². The molecule has 0 radical (unpaired) electrons. The predicted octanol–water partition coefficient (Wildman–Crippen LogP) is 1.55. The number of nitrogens with one attached hydrogen (secondary N) is 2. The van der Waals surface area contributed by atoms with Crippen molar-refractivity contribution in [1.82, 2.24) is 10.6 Å². The minimum Gasteiger partial charge on any atom is -0.459 e. The van der Waals surface area contributed by atoms with Gasteiger partial charge in [-0.1, -0.05) is 24.3 Å². The molecule has 1 aliphatic carbocycles. The average Bonchev–Trinajstić information content (AvgIpc) is 2.87. The summed E-state index contributed by atoms with van der Waals surface area (Å²) in [5.74, 6) is -1.37. The van der Waals surface area contributed by atoms with Crippen LogP contribution >= 0.6 is 0 Å². The number of benzene rings is 1. The van der Waals surface area contributed by atoms with E-state index >= 15 is 0 Å². The number of carbonyl (C=O) groups is 3. The van der Waals surface area contributed by atoms with Crippen LogP contribution < -0.4 is 10.6 Å². The Labute approximate surface area is 128 Å². The van der Waals surface area contributed by atoms with E-state index in [0.717, 1.165) is 5.56 Å². The third-order valence-corrected chi connectivity index (χ3v) is 3.94. The molecule has 2 atom stereocenters. The lowest BCUT2D eigenvalue weighted by molar-refractivity contribution is -0.157. The molecule has 1 spiro atoms. The highest BCUT2D eigenvalue weighted by Crippen LogP contribution is 2.46. The van der Waals surface area contributed by atoms with Crippen molar-refractivity contribution in [2.75, 3.05) is 0 Å². The van der Waals surface area contributed by atoms with Gasteiger partial charge in [0.05, 0.1) is 5.92 Å². The van der Waals surface area contributed by atoms with Crippen molar-refractivity contribution in [3.8, 4) is 0 Å². The van der Waals surface area contributed by atoms with Gasteiger partial charge in [0.25, 0.3) is 5.91 Å². The lowest BCUT2D eigenvalue weighted by Gasteiger charge is -2.23. The number of hydrogen-bond acceptors (Lipinski definition) is 4. The van der Waals surface area contributed by atoms with Gasteiger partial charge in [-0.2, -0.15) is 0 Å². The predicted molar refractivity (Wildman–Crippen MR) is 78.0 cm³/mol. The van der Waals surface area contributed by atoms with Crippen molar-refractivity contribution in [3.63, 3.8) is 0 Å². The highest BCUT2D eigenvalue weighted by Gasteiger charge is 2.56. The number of hydrogen-bond donors (Lipinski definition) is 2. The summed E-state index contributed by atoms with van der Waals surface area (Å²) in [7, 11) is 0. The quantitative estimate of drug-likeness (QED) is 0.609. The van der Waals surface area contributed by atoms with Crippen molar-refractivity contribution in [2.45, 2.75) is 44.2 Å². The Kier molecular flexibility index (Phi) is 3.02. The van der Waals surface area contributed by atoms with Crippen LogP contribution in [0.1, 0.15) is 44.2 Å². The molecule has 0 bridgehead atoms. The fraction of sp³-hybridized carbons (Fsp3) is 0.438. The molecule has 1 aromatic rings. The fourth-order valence-electron chi connectivity index (χ4n) is 3.12. The van der Waals surface area contributed by atoms with Crippen molar-refractivity contribution < 1.29 is 19.1 Å². The second-order valence-corrected chi connectivity index (χ2v) is 6.69. The van der Waals surface area contributed by atoms with E-state index in [-0.39, 0.29) is 12.4 Å². The van der Waals surface area contributed by atoms with Crippen molar-refractivity contribution >= 4 is 17.9 Å². The van der Waals surface area contributed by atoms with Gasteiger partial charge in [0.15, 0.2) is 0 Å². The van der Waals surface area contributed by atoms with Gasteiger partial charge in [0.2, 0.25) is 0 Å². The topological polar surface area (TPSA) is 84.5 Å². The van der Waals surface area contributed by atoms with E-state index in [9.17, 15) is 14.4 Å². The maximum absolute atomic E-state index is 12.5. The number of imide groups is 1. The lowest BCUT2D eigenvalue weighted by atomic mass is 9.91. The molecule has 3 amide bonds. The SMILES string of the molecule is CC(C)(C)OC(=O)C1CC2(NC(=O)NC2=O)c2ccccc21. The van der Waals surface area contributed by atoms with E-state index < -0.39 is 29.0 Å². The number of fused-ring (bicyclic) bond motifs is 2. The van der Waals surface area contributed by atoms with Gasteiger partial charge < -0.3 is 10.1 Å². The van der Waals surface area contributed by atoms with Crippen LogP contribution in [-0.4, -0.2) is 23.5 Å². The van der Waals surface area contributed by atoms with E-state index in [2.05, 4.69) is 10.6 Å². The van der Waals surface area contributed by atoms with Crippen molar-refractivity contribution in [3.05, 3.63) is 35.4 Å². The zero-order valence-electron chi connectivity index (χ0n) is 12.7. The third-order valence-electron chi connectivity index (χ3n) is 3.94. The van der Waals surface area contributed by atoms with Gasteiger partial charge in [-0.15, -0.1) is 0 Å². The summed E-state index contributed by atoms with van der Waals surface area (Å²) in [5, 5.41) is 4.93.